The highest BCUT2D eigenvalue weighted by atomic mass is 35.5. The Labute approximate surface area is 130 Å². The standard InChI is InChI=1S/C16H20ClNO3/c1-18(10-4-7-14(19)21-2)15(20)16(8-9-16)12-5-3-6-13(17)11-12/h3,5-6,11H,4,7-10H2,1-2H3. The highest BCUT2D eigenvalue weighted by Gasteiger charge is 2.52. The number of halogens is 1. The van der Waals surface area contributed by atoms with E-state index in [1.165, 1.54) is 7.11 Å². The summed E-state index contributed by atoms with van der Waals surface area (Å²) in [4.78, 5) is 25.4. The van der Waals surface area contributed by atoms with Gasteiger partial charge in [0.25, 0.3) is 0 Å². The second-order valence-electron chi connectivity index (χ2n) is 5.50. The van der Waals surface area contributed by atoms with Gasteiger partial charge in [0.2, 0.25) is 5.91 Å². The predicted molar refractivity (Wildman–Crippen MR) is 81.3 cm³/mol. The van der Waals surface area contributed by atoms with Crippen molar-refractivity contribution in [2.75, 3.05) is 20.7 Å². The second-order valence-corrected chi connectivity index (χ2v) is 5.94. The molecule has 1 aromatic rings. The molecule has 4 nitrogen and oxygen atoms in total. The maximum absolute atomic E-state index is 12.7. The number of carbonyl (C=O) groups is 2. The first-order valence-corrected chi connectivity index (χ1v) is 7.46. The second kappa shape index (κ2) is 6.48. The molecule has 1 aliphatic rings. The topological polar surface area (TPSA) is 46.6 Å². The van der Waals surface area contributed by atoms with Crippen molar-refractivity contribution in [1.82, 2.24) is 4.90 Å². The molecule has 0 aromatic heterocycles. The van der Waals surface area contributed by atoms with Gasteiger partial charge in [-0.15, -0.1) is 0 Å². The predicted octanol–water partition coefficient (Wildman–Crippen LogP) is 2.78. The fraction of sp³-hybridized carbons (Fsp3) is 0.500. The van der Waals surface area contributed by atoms with Crippen LogP contribution < -0.4 is 0 Å². The van der Waals surface area contributed by atoms with Crippen molar-refractivity contribution in [3.8, 4) is 0 Å². The summed E-state index contributed by atoms with van der Waals surface area (Å²) >= 11 is 6.02. The molecule has 1 fully saturated rings. The Hall–Kier alpha value is -1.55. The van der Waals surface area contributed by atoms with Gasteiger partial charge in [0, 0.05) is 25.0 Å². The van der Waals surface area contributed by atoms with Crippen LogP contribution in [0.15, 0.2) is 24.3 Å². The van der Waals surface area contributed by atoms with Crippen LogP contribution >= 0.6 is 11.6 Å². The molecule has 5 heteroatoms. The number of methoxy groups -OCH3 is 1. The number of hydrogen-bond donors (Lipinski definition) is 0. The average Bonchev–Trinajstić information content (AvgIpc) is 3.27. The van der Waals surface area contributed by atoms with E-state index in [9.17, 15) is 9.59 Å². The summed E-state index contributed by atoms with van der Waals surface area (Å²) in [6.45, 7) is 0.552. The Balaban J connectivity index is 1.97. The number of nitrogens with zero attached hydrogens (tertiary/aromatic N) is 1. The number of carbonyl (C=O) groups excluding carboxylic acids is 2. The average molecular weight is 310 g/mol. The van der Waals surface area contributed by atoms with Crippen molar-refractivity contribution in [3.63, 3.8) is 0 Å². The maximum Gasteiger partial charge on any atom is 0.305 e. The van der Waals surface area contributed by atoms with Crippen LogP contribution in [-0.4, -0.2) is 37.5 Å². The van der Waals surface area contributed by atoms with Gasteiger partial charge in [0.05, 0.1) is 12.5 Å². The minimum atomic E-state index is -0.412. The summed E-state index contributed by atoms with van der Waals surface area (Å²) in [5.74, 6) is -0.138. The zero-order chi connectivity index (χ0) is 15.5. The Kier molecular flexibility index (Phi) is 4.88. The molecule has 0 bridgehead atoms. The quantitative estimate of drug-likeness (QED) is 0.759. The molecular formula is C16H20ClNO3. The van der Waals surface area contributed by atoms with E-state index in [1.807, 2.05) is 24.3 Å². The lowest BCUT2D eigenvalue weighted by atomic mass is 9.94. The monoisotopic (exact) mass is 309 g/mol. The van der Waals surface area contributed by atoms with Crippen molar-refractivity contribution in [2.45, 2.75) is 31.1 Å². The zero-order valence-electron chi connectivity index (χ0n) is 12.4. The van der Waals surface area contributed by atoms with Crippen LogP contribution in [0.4, 0.5) is 0 Å². The van der Waals surface area contributed by atoms with Gasteiger partial charge in [-0.05, 0) is 37.0 Å². The first-order chi connectivity index (χ1) is 9.99. The van der Waals surface area contributed by atoms with E-state index in [0.717, 1.165) is 18.4 Å². The van der Waals surface area contributed by atoms with Gasteiger partial charge in [0.15, 0.2) is 0 Å². The molecule has 1 saturated carbocycles. The van der Waals surface area contributed by atoms with Gasteiger partial charge in [-0.1, -0.05) is 23.7 Å². The van der Waals surface area contributed by atoms with Gasteiger partial charge >= 0.3 is 5.97 Å². The summed E-state index contributed by atoms with van der Waals surface area (Å²) in [5.41, 5.74) is 0.574. The van der Waals surface area contributed by atoms with E-state index in [1.54, 1.807) is 11.9 Å². The van der Waals surface area contributed by atoms with E-state index < -0.39 is 5.41 Å². The smallest absolute Gasteiger partial charge is 0.305 e. The van der Waals surface area contributed by atoms with Crippen LogP contribution in [-0.2, 0) is 19.7 Å². The fourth-order valence-electron chi connectivity index (χ4n) is 2.57. The molecule has 0 saturated heterocycles. The minimum absolute atomic E-state index is 0.106. The van der Waals surface area contributed by atoms with Gasteiger partial charge in [0.1, 0.15) is 0 Å². The van der Waals surface area contributed by atoms with Crippen LogP contribution in [0, 0.1) is 0 Å². The largest absolute Gasteiger partial charge is 0.469 e. The van der Waals surface area contributed by atoms with E-state index in [4.69, 9.17) is 11.6 Å². The molecule has 0 atom stereocenters. The summed E-state index contributed by atoms with van der Waals surface area (Å²) < 4.78 is 4.60. The first kappa shape index (κ1) is 15.8. The Morgan fingerprint density at radius 3 is 2.67 bits per heavy atom. The van der Waals surface area contributed by atoms with Gasteiger partial charge in [-0.25, -0.2) is 0 Å². The van der Waals surface area contributed by atoms with Crippen molar-refractivity contribution < 1.29 is 14.3 Å². The molecule has 1 aliphatic carbocycles. The van der Waals surface area contributed by atoms with Crippen LogP contribution in [0.25, 0.3) is 0 Å². The molecule has 0 aliphatic heterocycles. The number of esters is 1. The molecule has 21 heavy (non-hydrogen) atoms. The molecule has 1 aromatic carbocycles. The molecule has 0 N–H and O–H groups in total. The minimum Gasteiger partial charge on any atom is -0.469 e. The van der Waals surface area contributed by atoms with Crippen LogP contribution in [0.1, 0.15) is 31.2 Å². The molecule has 114 valence electrons. The number of rotatable bonds is 6. The third-order valence-electron chi connectivity index (χ3n) is 3.99. The third-order valence-corrected chi connectivity index (χ3v) is 4.22. The molecular weight excluding hydrogens is 290 g/mol. The summed E-state index contributed by atoms with van der Waals surface area (Å²) in [7, 11) is 3.15. The SMILES string of the molecule is COC(=O)CCCN(C)C(=O)C1(c2cccc(Cl)c2)CC1. The van der Waals surface area contributed by atoms with Crippen molar-refractivity contribution >= 4 is 23.5 Å². The summed E-state index contributed by atoms with van der Waals surface area (Å²) in [5, 5.41) is 0.653. The number of benzene rings is 1. The van der Waals surface area contributed by atoms with E-state index in [0.29, 0.717) is 24.4 Å². The van der Waals surface area contributed by atoms with Crippen LogP contribution in [0.3, 0.4) is 0 Å². The lowest BCUT2D eigenvalue weighted by Crippen LogP contribution is -2.37. The number of ether oxygens (including phenoxy) is 1. The van der Waals surface area contributed by atoms with E-state index in [-0.39, 0.29) is 11.9 Å². The fourth-order valence-corrected chi connectivity index (χ4v) is 2.76. The Bertz CT molecular complexity index is 540. The molecule has 2 rings (SSSR count). The van der Waals surface area contributed by atoms with Crippen LogP contribution in [0.2, 0.25) is 5.02 Å². The van der Waals surface area contributed by atoms with Crippen LogP contribution in [0.5, 0.6) is 0 Å². The van der Waals surface area contributed by atoms with Gasteiger partial charge in [-0.2, -0.15) is 0 Å². The zero-order valence-corrected chi connectivity index (χ0v) is 13.2. The van der Waals surface area contributed by atoms with Crippen molar-refractivity contribution in [1.29, 1.82) is 0 Å². The number of amides is 1. The molecule has 1 amide bonds. The number of likely N-dealkylation sites (N-methyl/N-ethyl adjacent to an activating group) is 1. The molecule has 0 radical (unpaired) electrons. The number of hydrogen-bond acceptors (Lipinski definition) is 3. The normalized spacial score (nSPS) is 15.4. The van der Waals surface area contributed by atoms with E-state index in [2.05, 4.69) is 4.74 Å². The molecule has 0 unspecified atom stereocenters. The van der Waals surface area contributed by atoms with Crippen molar-refractivity contribution in [2.24, 2.45) is 0 Å². The van der Waals surface area contributed by atoms with E-state index >= 15 is 0 Å². The Morgan fingerprint density at radius 2 is 2.10 bits per heavy atom. The summed E-state index contributed by atoms with van der Waals surface area (Å²) in [6.07, 6.45) is 2.65. The molecule has 0 spiro atoms. The first-order valence-electron chi connectivity index (χ1n) is 7.08. The molecule has 0 heterocycles. The maximum atomic E-state index is 12.7. The third kappa shape index (κ3) is 3.56. The highest BCUT2D eigenvalue weighted by molar-refractivity contribution is 6.30. The highest BCUT2D eigenvalue weighted by Crippen LogP contribution is 2.49. The lowest BCUT2D eigenvalue weighted by molar-refractivity contribution is -0.141. The van der Waals surface area contributed by atoms with Gasteiger partial charge in [-0.3, -0.25) is 9.59 Å². The Morgan fingerprint density at radius 1 is 1.38 bits per heavy atom. The van der Waals surface area contributed by atoms with Crippen molar-refractivity contribution in [3.05, 3.63) is 34.9 Å². The van der Waals surface area contributed by atoms with Gasteiger partial charge < -0.3 is 9.64 Å². The summed E-state index contributed by atoms with van der Waals surface area (Å²) in [6, 6.07) is 7.52. The lowest BCUT2D eigenvalue weighted by Gasteiger charge is -2.24.